The lowest BCUT2D eigenvalue weighted by molar-refractivity contribution is -0.120. The molecule has 3 aromatic carbocycles. The van der Waals surface area contributed by atoms with Gasteiger partial charge in [0.05, 0.1) is 11.3 Å². The Hall–Kier alpha value is -3.90. The summed E-state index contributed by atoms with van der Waals surface area (Å²) in [6.45, 7) is 7.63. The molecule has 34 heavy (non-hydrogen) atoms. The highest BCUT2D eigenvalue weighted by Gasteiger charge is 2.39. The minimum Gasteiger partial charge on any atom is -0.423 e. The zero-order valence-electron chi connectivity index (χ0n) is 19.2. The third-order valence-corrected chi connectivity index (χ3v) is 6.09. The number of carbonyl (C=O) groups is 3. The molecule has 172 valence electrons. The van der Waals surface area contributed by atoms with Crippen molar-refractivity contribution >= 4 is 40.8 Å². The van der Waals surface area contributed by atoms with E-state index in [1.54, 1.807) is 36.4 Å². The highest BCUT2D eigenvalue weighted by molar-refractivity contribution is 6.53. The summed E-state index contributed by atoms with van der Waals surface area (Å²) in [7, 11) is 0. The molecule has 1 aliphatic heterocycles. The van der Waals surface area contributed by atoms with Crippen molar-refractivity contribution in [3.8, 4) is 5.75 Å². The number of aryl methyl sites for hydroxylation is 3. The van der Waals surface area contributed by atoms with Crippen molar-refractivity contribution in [3.63, 3.8) is 0 Å². The summed E-state index contributed by atoms with van der Waals surface area (Å²) in [6.07, 6.45) is 0. The van der Waals surface area contributed by atoms with E-state index < -0.39 is 17.8 Å². The number of ether oxygens (including phenoxy) is 1. The Morgan fingerprint density at radius 1 is 0.882 bits per heavy atom. The first-order valence-corrected chi connectivity index (χ1v) is 11.1. The predicted octanol–water partition coefficient (Wildman–Crippen LogP) is 5.58. The van der Waals surface area contributed by atoms with Crippen LogP contribution in [0.1, 0.15) is 32.6 Å². The molecule has 0 radical (unpaired) electrons. The van der Waals surface area contributed by atoms with Crippen LogP contribution in [0.2, 0.25) is 0 Å². The van der Waals surface area contributed by atoms with Gasteiger partial charge in [-0.15, -0.1) is 0 Å². The number of nitrogens with one attached hydrogen (secondary N) is 1. The monoisotopic (exact) mass is 474 g/mol. The SMILES string of the molecule is Cc1cc(C)c(C)c(OC(=O)c2ccc(NC3=C(Cl)C(=O)N(c4ccccc4C)C3=O)cc2)c1. The van der Waals surface area contributed by atoms with Crippen LogP contribution in [0.3, 0.4) is 0 Å². The molecular weight excluding hydrogens is 452 g/mol. The second-order valence-electron chi connectivity index (χ2n) is 8.22. The van der Waals surface area contributed by atoms with Crippen molar-refractivity contribution in [1.82, 2.24) is 0 Å². The van der Waals surface area contributed by atoms with Gasteiger partial charge in [-0.25, -0.2) is 9.69 Å². The number of carbonyl (C=O) groups excluding carboxylic acids is 3. The van der Waals surface area contributed by atoms with Gasteiger partial charge < -0.3 is 10.1 Å². The highest BCUT2D eigenvalue weighted by Crippen LogP contribution is 2.32. The molecule has 1 aliphatic rings. The minimum atomic E-state index is -0.590. The van der Waals surface area contributed by atoms with Gasteiger partial charge in [-0.05, 0) is 86.3 Å². The number of benzene rings is 3. The molecule has 0 fully saturated rings. The second kappa shape index (κ2) is 9.15. The number of imide groups is 1. The maximum Gasteiger partial charge on any atom is 0.343 e. The molecular formula is C27H23ClN2O4. The molecule has 1 heterocycles. The third kappa shape index (κ3) is 4.32. The van der Waals surface area contributed by atoms with Gasteiger partial charge in [0.25, 0.3) is 11.8 Å². The largest absolute Gasteiger partial charge is 0.423 e. The first-order valence-electron chi connectivity index (χ1n) is 10.7. The van der Waals surface area contributed by atoms with Gasteiger partial charge in [0.15, 0.2) is 0 Å². The van der Waals surface area contributed by atoms with E-state index in [-0.39, 0.29) is 10.7 Å². The molecule has 4 rings (SSSR count). The van der Waals surface area contributed by atoms with Crippen LogP contribution >= 0.6 is 11.6 Å². The second-order valence-corrected chi connectivity index (χ2v) is 8.60. The first-order chi connectivity index (χ1) is 16.2. The van der Waals surface area contributed by atoms with Crippen molar-refractivity contribution < 1.29 is 19.1 Å². The standard InChI is InChI=1S/C27H23ClN2O4/c1-15-13-17(3)18(4)22(14-15)34-27(33)19-9-11-20(12-10-19)29-24-23(28)25(31)30(26(24)32)21-8-6-5-7-16(21)2/h5-14,29H,1-4H3. The van der Waals surface area contributed by atoms with E-state index in [0.717, 1.165) is 27.2 Å². The van der Waals surface area contributed by atoms with Gasteiger partial charge in [-0.3, -0.25) is 9.59 Å². The normalized spacial score (nSPS) is 13.5. The zero-order valence-corrected chi connectivity index (χ0v) is 20.0. The van der Waals surface area contributed by atoms with Crippen LogP contribution in [0.4, 0.5) is 11.4 Å². The van der Waals surface area contributed by atoms with E-state index in [1.807, 2.05) is 52.0 Å². The molecule has 1 N–H and O–H groups in total. The molecule has 0 spiro atoms. The van der Waals surface area contributed by atoms with Gasteiger partial charge >= 0.3 is 5.97 Å². The summed E-state index contributed by atoms with van der Waals surface area (Å²) in [6, 6.07) is 17.3. The lowest BCUT2D eigenvalue weighted by Gasteiger charge is -2.17. The summed E-state index contributed by atoms with van der Waals surface area (Å²) >= 11 is 6.21. The Labute approximate surface area is 202 Å². The van der Waals surface area contributed by atoms with Crippen molar-refractivity contribution in [2.24, 2.45) is 0 Å². The Morgan fingerprint density at radius 3 is 2.24 bits per heavy atom. The summed E-state index contributed by atoms with van der Waals surface area (Å²) in [5, 5.41) is 2.72. The Bertz CT molecular complexity index is 1360. The summed E-state index contributed by atoms with van der Waals surface area (Å²) < 4.78 is 5.59. The topological polar surface area (TPSA) is 75.7 Å². The molecule has 0 saturated heterocycles. The number of para-hydroxylation sites is 1. The number of rotatable bonds is 5. The number of hydrogen-bond acceptors (Lipinski definition) is 5. The zero-order chi connectivity index (χ0) is 24.6. The molecule has 7 heteroatoms. The summed E-state index contributed by atoms with van der Waals surface area (Å²) in [4.78, 5) is 39.3. The van der Waals surface area contributed by atoms with Gasteiger partial charge in [-0.2, -0.15) is 0 Å². The Balaban J connectivity index is 1.51. The fourth-order valence-corrected chi connectivity index (χ4v) is 3.96. The van der Waals surface area contributed by atoms with Crippen LogP contribution in [-0.2, 0) is 9.59 Å². The number of halogens is 1. The van der Waals surface area contributed by atoms with Crippen LogP contribution < -0.4 is 15.0 Å². The van der Waals surface area contributed by atoms with E-state index >= 15 is 0 Å². The average molecular weight is 475 g/mol. The van der Waals surface area contributed by atoms with Crippen LogP contribution in [0.5, 0.6) is 5.75 Å². The quantitative estimate of drug-likeness (QED) is 0.297. The lowest BCUT2D eigenvalue weighted by Crippen LogP contribution is -2.32. The molecule has 6 nitrogen and oxygen atoms in total. The molecule has 0 aliphatic carbocycles. The number of amides is 2. The van der Waals surface area contributed by atoms with Crippen LogP contribution in [0, 0.1) is 27.7 Å². The van der Waals surface area contributed by atoms with E-state index in [9.17, 15) is 14.4 Å². The first kappa shape index (κ1) is 23.3. The maximum absolute atomic E-state index is 13.0. The van der Waals surface area contributed by atoms with Gasteiger partial charge in [0.2, 0.25) is 0 Å². The molecule has 0 saturated carbocycles. The average Bonchev–Trinajstić information content (AvgIpc) is 3.01. The number of esters is 1. The van der Waals surface area contributed by atoms with Crippen molar-refractivity contribution in [2.75, 3.05) is 10.2 Å². The van der Waals surface area contributed by atoms with Gasteiger partial charge in [-0.1, -0.05) is 35.9 Å². The third-order valence-electron chi connectivity index (χ3n) is 5.74. The molecule has 3 aromatic rings. The van der Waals surface area contributed by atoms with Gasteiger partial charge in [0.1, 0.15) is 16.5 Å². The Kier molecular flexibility index (Phi) is 6.26. The van der Waals surface area contributed by atoms with E-state index in [0.29, 0.717) is 22.7 Å². The van der Waals surface area contributed by atoms with Crippen molar-refractivity contribution in [1.29, 1.82) is 0 Å². The molecule has 0 atom stereocenters. The Morgan fingerprint density at radius 2 is 1.56 bits per heavy atom. The minimum absolute atomic E-state index is 0.0175. The van der Waals surface area contributed by atoms with Crippen LogP contribution in [-0.4, -0.2) is 17.8 Å². The summed E-state index contributed by atoms with van der Waals surface area (Å²) in [5.74, 6) is -1.10. The molecule has 0 unspecified atom stereocenters. The lowest BCUT2D eigenvalue weighted by atomic mass is 10.1. The molecule has 0 aromatic heterocycles. The van der Waals surface area contributed by atoms with E-state index in [4.69, 9.17) is 16.3 Å². The van der Waals surface area contributed by atoms with Crippen LogP contribution in [0.15, 0.2) is 71.4 Å². The predicted molar refractivity (Wildman–Crippen MR) is 132 cm³/mol. The van der Waals surface area contributed by atoms with E-state index in [2.05, 4.69) is 5.32 Å². The van der Waals surface area contributed by atoms with Crippen molar-refractivity contribution in [3.05, 3.63) is 99.2 Å². The number of nitrogens with zero attached hydrogens (tertiary/aromatic N) is 1. The fourth-order valence-electron chi connectivity index (χ4n) is 3.74. The fraction of sp³-hybridized carbons (Fsp3) is 0.148. The number of hydrogen-bond donors (Lipinski definition) is 1. The highest BCUT2D eigenvalue weighted by atomic mass is 35.5. The number of anilines is 2. The summed E-state index contributed by atoms with van der Waals surface area (Å²) in [5.41, 5.74) is 5.04. The smallest absolute Gasteiger partial charge is 0.343 e. The maximum atomic E-state index is 13.0. The molecule has 0 bridgehead atoms. The van der Waals surface area contributed by atoms with Crippen LogP contribution in [0.25, 0.3) is 0 Å². The van der Waals surface area contributed by atoms with Gasteiger partial charge in [0, 0.05) is 5.69 Å². The van der Waals surface area contributed by atoms with E-state index in [1.165, 1.54) is 0 Å². The van der Waals surface area contributed by atoms with Crippen molar-refractivity contribution in [2.45, 2.75) is 27.7 Å². The molecule has 2 amide bonds.